The van der Waals surface area contributed by atoms with E-state index in [1.54, 1.807) is 5.57 Å². The van der Waals surface area contributed by atoms with Crippen LogP contribution in [-0.2, 0) is 0 Å². The van der Waals surface area contributed by atoms with Crippen LogP contribution >= 0.6 is 0 Å². The minimum Gasteiger partial charge on any atom is -0.393 e. The van der Waals surface area contributed by atoms with Gasteiger partial charge in [0, 0.05) is 0 Å². The first-order chi connectivity index (χ1) is 13.1. The van der Waals surface area contributed by atoms with Crippen molar-refractivity contribution in [3.8, 4) is 0 Å². The predicted molar refractivity (Wildman–Crippen MR) is 116 cm³/mol. The number of unbranched alkanes of at least 4 members (excludes halogenated alkanes) is 1. The number of hydrogen-bond acceptors (Lipinski definition) is 2. The highest BCUT2D eigenvalue weighted by Crippen LogP contribution is 2.65. The maximum absolute atomic E-state index is 10.2. The number of hydrogen-bond donors (Lipinski definition) is 2. The topological polar surface area (TPSA) is 40.5 Å². The van der Waals surface area contributed by atoms with Gasteiger partial charge in [-0.2, -0.15) is 0 Å². The summed E-state index contributed by atoms with van der Waals surface area (Å²) < 4.78 is 0. The average Bonchev–Trinajstić information content (AvgIpc) is 2.95. The van der Waals surface area contributed by atoms with Crippen molar-refractivity contribution < 1.29 is 10.2 Å². The molecular formula is C26H42O2. The normalized spacial score (nSPS) is 42.9. The Hall–Kier alpha value is -0.600. The minimum absolute atomic E-state index is 0.122. The molecular weight excluding hydrogens is 344 g/mol. The van der Waals surface area contributed by atoms with Crippen LogP contribution in [0, 0.1) is 28.6 Å². The molecule has 4 rings (SSSR count). The predicted octanol–water partition coefficient (Wildman–Crippen LogP) is 6.18. The van der Waals surface area contributed by atoms with E-state index in [9.17, 15) is 10.2 Å². The zero-order valence-corrected chi connectivity index (χ0v) is 18.6. The first-order valence-corrected chi connectivity index (χ1v) is 11.9. The number of rotatable bonds is 5. The second-order valence-corrected chi connectivity index (χ2v) is 11.7. The third-order valence-corrected chi connectivity index (χ3v) is 9.33. The first-order valence-electron chi connectivity index (χ1n) is 11.9. The maximum Gasteiger partial charge on any atom is 0.0591 e. The number of fused-ring (bicyclic) bond motifs is 5. The first kappa shape index (κ1) is 20.7. The lowest BCUT2D eigenvalue weighted by molar-refractivity contribution is 0.0415. The van der Waals surface area contributed by atoms with Crippen molar-refractivity contribution in [3.63, 3.8) is 0 Å². The Bertz CT molecular complexity index is 654. The van der Waals surface area contributed by atoms with Gasteiger partial charge in [0.1, 0.15) is 0 Å². The second-order valence-electron chi connectivity index (χ2n) is 11.7. The molecule has 0 bridgehead atoms. The Morgan fingerprint density at radius 3 is 2.54 bits per heavy atom. The molecule has 3 fully saturated rings. The second kappa shape index (κ2) is 7.27. The van der Waals surface area contributed by atoms with Gasteiger partial charge >= 0.3 is 0 Å². The Kier molecular flexibility index (Phi) is 5.37. The van der Waals surface area contributed by atoms with Crippen LogP contribution in [0.25, 0.3) is 0 Å². The zero-order chi connectivity index (χ0) is 20.2. The van der Waals surface area contributed by atoms with E-state index in [0.29, 0.717) is 16.7 Å². The SMILES string of the molecule is CC(C)(O)CCCC[C@H]1CC[C@H]2C3=CC=C4C[C@H](O)CC[C@]4(C)[C@H]3CC[C@]12C. The monoisotopic (exact) mass is 386 g/mol. The van der Waals surface area contributed by atoms with Gasteiger partial charge in [-0.25, -0.2) is 0 Å². The van der Waals surface area contributed by atoms with Crippen molar-refractivity contribution in [2.75, 3.05) is 0 Å². The molecule has 4 aliphatic carbocycles. The van der Waals surface area contributed by atoms with Crippen LogP contribution in [0.2, 0.25) is 0 Å². The van der Waals surface area contributed by atoms with Gasteiger partial charge in [-0.1, -0.05) is 50.0 Å². The molecule has 0 radical (unpaired) electrons. The Balaban J connectivity index is 1.47. The molecule has 0 aromatic carbocycles. The van der Waals surface area contributed by atoms with Crippen molar-refractivity contribution in [2.45, 2.75) is 110 Å². The molecule has 0 heterocycles. The van der Waals surface area contributed by atoms with Crippen LogP contribution in [0.4, 0.5) is 0 Å². The van der Waals surface area contributed by atoms with E-state index in [0.717, 1.165) is 43.9 Å². The van der Waals surface area contributed by atoms with E-state index in [1.807, 2.05) is 13.8 Å². The summed E-state index contributed by atoms with van der Waals surface area (Å²) in [7, 11) is 0. The van der Waals surface area contributed by atoms with E-state index in [1.165, 1.54) is 44.1 Å². The molecule has 0 unspecified atom stereocenters. The summed E-state index contributed by atoms with van der Waals surface area (Å²) in [6, 6.07) is 0. The highest BCUT2D eigenvalue weighted by Gasteiger charge is 2.55. The van der Waals surface area contributed by atoms with Gasteiger partial charge in [-0.3, -0.25) is 0 Å². The molecule has 0 aromatic heterocycles. The van der Waals surface area contributed by atoms with E-state index < -0.39 is 5.60 Å². The van der Waals surface area contributed by atoms with E-state index in [2.05, 4.69) is 26.0 Å². The summed E-state index contributed by atoms with van der Waals surface area (Å²) in [4.78, 5) is 0. The van der Waals surface area contributed by atoms with Crippen molar-refractivity contribution in [1.29, 1.82) is 0 Å². The third kappa shape index (κ3) is 3.54. The molecule has 4 aliphatic rings. The van der Waals surface area contributed by atoms with Gasteiger partial charge < -0.3 is 10.2 Å². The molecule has 3 saturated carbocycles. The molecule has 158 valence electrons. The van der Waals surface area contributed by atoms with Crippen LogP contribution in [0.5, 0.6) is 0 Å². The van der Waals surface area contributed by atoms with Crippen LogP contribution < -0.4 is 0 Å². The lowest BCUT2D eigenvalue weighted by Gasteiger charge is -2.54. The molecule has 0 amide bonds. The summed E-state index contributed by atoms with van der Waals surface area (Å²) in [6.45, 7) is 8.95. The standard InChI is InChI=1S/C26H42O2/c1-24(2,28)14-6-5-7-18-9-11-22-21-10-8-19-17-20(27)12-15-26(19,4)23(21)13-16-25(18,22)3/h8,10,18,20,22-23,27-28H,5-7,9,11-17H2,1-4H3/t18-,20+,22-,23-,25+,26-/m0/s1. The van der Waals surface area contributed by atoms with Crippen LogP contribution in [0.1, 0.15) is 98.3 Å². The average molecular weight is 387 g/mol. The Labute approximate surface area is 172 Å². The van der Waals surface area contributed by atoms with Gasteiger partial charge in [-0.05, 0) is 100 Å². The van der Waals surface area contributed by atoms with Crippen molar-refractivity contribution in [1.82, 2.24) is 0 Å². The van der Waals surface area contributed by atoms with Crippen LogP contribution in [0.3, 0.4) is 0 Å². The van der Waals surface area contributed by atoms with Gasteiger partial charge in [0.2, 0.25) is 0 Å². The van der Waals surface area contributed by atoms with Crippen molar-refractivity contribution >= 4 is 0 Å². The van der Waals surface area contributed by atoms with Gasteiger partial charge in [0.15, 0.2) is 0 Å². The Morgan fingerprint density at radius 2 is 1.79 bits per heavy atom. The molecule has 0 saturated heterocycles. The molecule has 28 heavy (non-hydrogen) atoms. The molecule has 0 spiro atoms. The van der Waals surface area contributed by atoms with Gasteiger partial charge in [-0.15, -0.1) is 0 Å². The summed E-state index contributed by atoms with van der Waals surface area (Å²) >= 11 is 0. The minimum atomic E-state index is -0.514. The quantitative estimate of drug-likeness (QED) is 0.554. The highest BCUT2D eigenvalue weighted by molar-refractivity contribution is 5.38. The maximum atomic E-state index is 10.2. The smallest absolute Gasteiger partial charge is 0.0591 e. The number of allylic oxidation sites excluding steroid dienone is 3. The fourth-order valence-electron chi connectivity index (χ4n) is 7.51. The van der Waals surface area contributed by atoms with E-state index in [4.69, 9.17) is 0 Å². The molecule has 0 aliphatic heterocycles. The van der Waals surface area contributed by atoms with Gasteiger partial charge in [0.05, 0.1) is 11.7 Å². The zero-order valence-electron chi connectivity index (χ0n) is 18.6. The summed E-state index contributed by atoms with van der Waals surface area (Å²) in [6.07, 6.45) is 17.9. The lowest BCUT2D eigenvalue weighted by atomic mass is 9.50. The number of aliphatic hydroxyl groups excluding tert-OH is 1. The highest BCUT2D eigenvalue weighted by atomic mass is 16.3. The molecule has 6 atom stereocenters. The Morgan fingerprint density at radius 1 is 1.00 bits per heavy atom. The van der Waals surface area contributed by atoms with Crippen molar-refractivity contribution in [3.05, 3.63) is 23.3 Å². The van der Waals surface area contributed by atoms with Crippen molar-refractivity contribution in [2.24, 2.45) is 28.6 Å². The number of aliphatic hydroxyl groups is 2. The molecule has 2 nitrogen and oxygen atoms in total. The molecule has 0 aromatic rings. The van der Waals surface area contributed by atoms with E-state index >= 15 is 0 Å². The molecule has 2 N–H and O–H groups in total. The molecule has 2 heteroatoms. The fourth-order valence-corrected chi connectivity index (χ4v) is 7.51. The fraction of sp³-hybridized carbons (Fsp3) is 0.846. The van der Waals surface area contributed by atoms with E-state index in [-0.39, 0.29) is 6.10 Å². The summed E-state index contributed by atoms with van der Waals surface area (Å²) in [5.74, 6) is 2.34. The van der Waals surface area contributed by atoms with Crippen LogP contribution in [-0.4, -0.2) is 21.9 Å². The largest absolute Gasteiger partial charge is 0.393 e. The van der Waals surface area contributed by atoms with Crippen LogP contribution in [0.15, 0.2) is 23.3 Å². The summed E-state index contributed by atoms with van der Waals surface area (Å²) in [5, 5.41) is 20.1. The third-order valence-electron chi connectivity index (χ3n) is 9.33. The summed E-state index contributed by atoms with van der Waals surface area (Å²) in [5.41, 5.74) is 3.54. The van der Waals surface area contributed by atoms with Gasteiger partial charge in [0.25, 0.3) is 0 Å². The lowest BCUT2D eigenvalue weighted by Crippen LogP contribution is -2.45.